The number of furan rings is 1. The minimum absolute atomic E-state index is 0.0502. The molecule has 1 fully saturated rings. The van der Waals surface area contributed by atoms with E-state index < -0.39 is 11.7 Å². The fourth-order valence-electron chi connectivity index (χ4n) is 5.24. The van der Waals surface area contributed by atoms with E-state index in [1.54, 1.807) is 6.26 Å². The van der Waals surface area contributed by atoms with Crippen LogP contribution < -0.4 is 4.90 Å². The number of anilines is 1. The molecule has 0 unspecified atom stereocenters. The maximum absolute atomic E-state index is 13.2. The second-order valence-corrected chi connectivity index (χ2v) is 9.64. The van der Waals surface area contributed by atoms with Gasteiger partial charge >= 0.3 is 6.18 Å². The summed E-state index contributed by atoms with van der Waals surface area (Å²) in [6.07, 6.45) is 1.06. The van der Waals surface area contributed by atoms with Crippen molar-refractivity contribution in [3.8, 4) is 0 Å². The lowest BCUT2D eigenvalue weighted by Crippen LogP contribution is -2.59. The van der Waals surface area contributed by atoms with E-state index in [1.807, 2.05) is 41.8 Å². The zero-order valence-corrected chi connectivity index (χ0v) is 20.3. The molecule has 9 heteroatoms. The summed E-state index contributed by atoms with van der Waals surface area (Å²) in [5.74, 6) is 0.606. The third kappa shape index (κ3) is 4.84. The molecule has 2 aliphatic rings. The topological polar surface area (TPSA) is 52.8 Å². The van der Waals surface area contributed by atoms with E-state index in [4.69, 9.17) is 4.42 Å². The predicted molar refractivity (Wildman–Crippen MR) is 132 cm³/mol. The van der Waals surface area contributed by atoms with Gasteiger partial charge in [0.05, 0.1) is 18.4 Å². The van der Waals surface area contributed by atoms with E-state index in [0.29, 0.717) is 38.5 Å². The average molecular weight is 499 g/mol. The first-order valence-corrected chi connectivity index (χ1v) is 12.2. The Labute approximate surface area is 208 Å². The molecule has 0 aliphatic carbocycles. The van der Waals surface area contributed by atoms with Crippen LogP contribution >= 0.6 is 0 Å². The number of fused-ring (bicyclic) bond motifs is 1. The molecule has 1 aromatic carbocycles. The Morgan fingerprint density at radius 1 is 1.11 bits per heavy atom. The van der Waals surface area contributed by atoms with E-state index in [0.717, 1.165) is 35.2 Å². The van der Waals surface area contributed by atoms with Gasteiger partial charge in [0.15, 0.2) is 0 Å². The molecule has 0 spiro atoms. The molecule has 1 amide bonds. The molecule has 190 valence electrons. The van der Waals surface area contributed by atoms with Crippen molar-refractivity contribution < 1.29 is 22.4 Å². The number of rotatable bonds is 4. The highest BCUT2D eigenvalue weighted by Gasteiger charge is 2.34. The number of halogens is 3. The van der Waals surface area contributed by atoms with Gasteiger partial charge < -0.3 is 14.2 Å². The lowest BCUT2D eigenvalue weighted by Gasteiger charge is -2.45. The van der Waals surface area contributed by atoms with Crippen LogP contribution in [0.4, 0.5) is 19.0 Å². The first-order valence-electron chi connectivity index (χ1n) is 12.2. The monoisotopic (exact) mass is 498 g/mol. The summed E-state index contributed by atoms with van der Waals surface area (Å²) in [5.41, 5.74) is 2.40. The van der Waals surface area contributed by atoms with Crippen LogP contribution in [0.15, 0.2) is 59.4 Å². The van der Waals surface area contributed by atoms with Gasteiger partial charge in [-0.25, -0.2) is 4.98 Å². The van der Waals surface area contributed by atoms with Crippen LogP contribution in [-0.2, 0) is 11.0 Å². The Morgan fingerprint density at radius 3 is 2.53 bits per heavy atom. The molecule has 0 N–H and O–H groups in total. The summed E-state index contributed by atoms with van der Waals surface area (Å²) >= 11 is 0. The van der Waals surface area contributed by atoms with Crippen molar-refractivity contribution in [3.63, 3.8) is 0 Å². The van der Waals surface area contributed by atoms with Crippen LogP contribution in [0.2, 0.25) is 0 Å². The van der Waals surface area contributed by atoms with E-state index >= 15 is 0 Å². The van der Waals surface area contributed by atoms with Crippen LogP contribution in [-0.4, -0.2) is 65.5 Å². The number of para-hydroxylation sites is 1. The van der Waals surface area contributed by atoms with Crippen molar-refractivity contribution in [2.24, 2.45) is 0 Å². The van der Waals surface area contributed by atoms with Gasteiger partial charge in [0, 0.05) is 55.4 Å². The Balaban J connectivity index is 1.20. The molecule has 0 radical (unpaired) electrons. The number of carbonyl (C=O) groups excluding carboxylic acids is 1. The number of piperazine rings is 1. The maximum atomic E-state index is 13.2. The summed E-state index contributed by atoms with van der Waals surface area (Å²) in [5, 5.41) is 1.07. The highest BCUT2D eigenvalue weighted by molar-refractivity contribution is 5.90. The molecule has 2 aromatic heterocycles. The first kappa shape index (κ1) is 24.4. The zero-order chi connectivity index (χ0) is 25.4. The van der Waals surface area contributed by atoms with Crippen molar-refractivity contribution in [2.45, 2.75) is 38.5 Å². The minimum Gasteiger partial charge on any atom is -0.464 e. The van der Waals surface area contributed by atoms with Crippen LogP contribution in [0.25, 0.3) is 16.5 Å². The van der Waals surface area contributed by atoms with Gasteiger partial charge in [-0.05, 0) is 44.0 Å². The van der Waals surface area contributed by atoms with Gasteiger partial charge in [0.1, 0.15) is 11.4 Å². The molecule has 0 bridgehead atoms. The van der Waals surface area contributed by atoms with Gasteiger partial charge in [-0.1, -0.05) is 24.3 Å². The van der Waals surface area contributed by atoms with Crippen molar-refractivity contribution in [1.29, 1.82) is 0 Å². The lowest BCUT2D eigenvalue weighted by atomic mass is 9.98. The van der Waals surface area contributed by atoms with Crippen molar-refractivity contribution in [3.05, 3.63) is 66.1 Å². The molecule has 1 saturated heterocycles. The molecular formula is C27H29F3N4O2. The normalized spacial score (nSPS) is 21.6. The maximum Gasteiger partial charge on any atom is 0.417 e. The molecule has 4 heterocycles. The molecule has 2 atom stereocenters. The Kier molecular flexibility index (Phi) is 6.51. The summed E-state index contributed by atoms with van der Waals surface area (Å²) < 4.78 is 44.3. The smallest absolute Gasteiger partial charge is 0.417 e. The zero-order valence-electron chi connectivity index (χ0n) is 20.3. The number of amides is 1. The lowest BCUT2D eigenvalue weighted by molar-refractivity contribution is -0.137. The second-order valence-electron chi connectivity index (χ2n) is 9.64. The standard InChI is InChI=1S/C27H29F3N4O2/c1-18-15-33(24-7-6-22(14-31-24)27(28,29)30)16-19(2)34(18)17-25(35)32-11-8-20(9-12-32)23-5-3-4-21-10-13-36-26(21)23/h3-8,10,13-14,18-19H,9,11-12,15-17H2,1-2H3/t18-,19+. The third-order valence-electron chi connectivity index (χ3n) is 7.21. The molecule has 2 aliphatic heterocycles. The summed E-state index contributed by atoms with van der Waals surface area (Å²) in [6, 6.07) is 10.6. The second kappa shape index (κ2) is 9.61. The van der Waals surface area contributed by atoms with Crippen LogP contribution in [0, 0.1) is 0 Å². The SMILES string of the molecule is C[C@@H]1CN(c2ccc(C(F)(F)F)cn2)C[C@H](C)N1CC(=O)N1CC=C(c2cccc3ccoc23)CC1. The Morgan fingerprint density at radius 2 is 1.89 bits per heavy atom. The van der Waals surface area contributed by atoms with Crippen molar-refractivity contribution in [1.82, 2.24) is 14.8 Å². The number of benzene rings is 1. The molecule has 36 heavy (non-hydrogen) atoms. The quantitative estimate of drug-likeness (QED) is 0.503. The van der Waals surface area contributed by atoms with Gasteiger partial charge in [-0.15, -0.1) is 0 Å². The van der Waals surface area contributed by atoms with Crippen molar-refractivity contribution in [2.75, 3.05) is 37.6 Å². The average Bonchev–Trinajstić information content (AvgIpc) is 3.35. The largest absolute Gasteiger partial charge is 0.464 e. The number of pyridine rings is 1. The van der Waals surface area contributed by atoms with Crippen LogP contribution in [0.3, 0.4) is 0 Å². The fraction of sp³-hybridized carbons (Fsp3) is 0.407. The molecule has 5 rings (SSSR count). The Bertz CT molecular complexity index is 1260. The number of hydrogen-bond donors (Lipinski definition) is 0. The third-order valence-corrected chi connectivity index (χ3v) is 7.21. The molecular weight excluding hydrogens is 469 g/mol. The van der Waals surface area contributed by atoms with Crippen LogP contribution in [0.5, 0.6) is 0 Å². The molecule has 0 saturated carbocycles. The van der Waals surface area contributed by atoms with E-state index in [9.17, 15) is 18.0 Å². The molecule has 3 aromatic rings. The number of carbonyl (C=O) groups is 1. The predicted octanol–water partition coefficient (Wildman–Crippen LogP) is 5.06. The van der Waals surface area contributed by atoms with E-state index in [2.05, 4.69) is 22.0 Å². The highest BCUT2D eigenvalue weighted by atomic mass is 19.4. The van der Waals surface area contributed by atoms with Crippen molar-refractivity contribution >= 4 is 28.3 Å². The number of hydrogen-bond acceptors (Lipinski definition) is 5. The number of nitrogens with zero attached hydrogens (tertiary/aromatic N) is 4. The minimum atomic E-state index is -4.40. The highest BCUT2D eigenvalue weighted by Crippen LogP contribution is 2.31. The summed E-state index contributed by atoms with van der Waals surface area (Å²) in [6.45, 7) is 6.79. The first-order chi connectivity index (χ1) is 17.2. The van der Waals surface area contributed by atoms with Gasteiger partial charge in [-0.2, -0.15) is 13.2 Å². The Hall–Kier alpha value is -3.33. The van der Waals surface area contributed by atoms with Gasteiger partial charge in [0.25, 0.3) is 0 Å². The van der Waals surface area contributed by atoms with Gasteiger partial charge in [0.2, 0.25) is 5.91 Å². The summed E-state index contributed by atoms with van der Waals surface area (Å²) in [4.78, 5) is 23.2. The summed E-state index contributed by atoms with van der Waals surface area (Å²) in [7, 11) is 0. The number of alkyl halides is 3. The fourth-order valence-corrected chi connectivity index (χ4v) is 5.24. The van der Waals surface area contributed by atoms with E-state index in [1.165, 1.54) is 11.6 Å². The van der Waals surface area contributed by atoms with E-state index in [-0.39, 0.29) is 18.0 Å². The number of aromatic nitrogens is 1. The van der Waals surface area contributed by atoms with Crippen LogP contribution in [0.1, 0.15) is 31.4 Å². The molecule has 6 nitrogen and oxygen atoms in total. The van der Waals surface area contributed by atoms with Gasteiger partial charge in [-0.3, -0.25) is 9.69 Å².